The highest BCUT2D eigenvalue weighted by Crippen LogP contribution is 2.14. The molecule has 1 rings (SSSR count). The second kappa shape index (κ2) is 5.01. The number of piperidine rings is 1. The van der Waals surface area contributed by atoms with Gasteiger partial charge in [0.2, 0.25) is 0 Å². The maximum absolute atomic E-state index is 10.6. The molecule has 12 heavy (non-hydrogen) atoms. The van der Waals surface area contributed by atoms with Gasteiger partial charge in [-0.25, -0.2) is 0 Å². The molecular formula is C8H15IN2O. The maximum Gasteiger partial charge on any atom is 0.280 e. The summed E-state index contributed by atoms with van der Waals surface area (Å²) in [5.74, 6) is 0.694. The Morgan fingerprint density at radius 2 is 2.17 bits per heavy atom. The van der Waals surface area contributed by atoms with E-state index in [1.54, 1.807) is 22.6 Å². The molecule has 1 fully saturated rings. The first-order valence-corrected chi connectivity index (χ1v) is 5.38. The number of halogens is 1. The summed E-state index contributed by atoms with van der Waals surface area (Å²) in [7, 11) is 2.15. The van der Waals surface area contributed by atoms with Crippen molar-refractivity contribution >= 4 is 26.5 Å². The first-order chi connectivity index (χ1) is 5.68. The molecule has 3 nitrogen and oxygen atoms in total. The predicted molar refractivity (Wildman–Crippen MR) is 57.6 cm³/mol. The van der Waals surface area contributed by atoms with Crippen LogP contribution in [0.4, 0.5) is 4.79 Å². The molecule has 0 saturated carbocycles. The van der Waals surface area contributed by atoms with E-state index in [4.69, 9.17) is 0 Å². The molecule has 1 N–H and O–H groups in total. The van der Waals surface area contributed by atoms with E-state index < -0.39 is 0 Å². The standard InChI is InChI=1S/C8H15IN2O/c1-11-4-2-7(3-5-11)6-10-8(9)12/h7H,2-6H2,1H3,(H,10,12). The van der Waals surface area contributed by atoms with Gasteiger partial charge in [-0.05, 0) is 38.9 Å². The number of nitrogens with one attached hydrogen (secondary N) is 1. The molecule has 0 spiro atoms. The average Bonchev–Trinajstić information content (AvgIpc) is 2.03. The summed E-state index contributed by atoms with van der Waals surface area (Å²) in [4.78, 5) is 13.0. The van der Waals surface area contributed by atoms with E-state index in [-0.39, 0.29) is 3.91 Å². The first-order valence-electron chi connectivity index (χ1n) is 4.30. The van der Waals surface area contributed by atoms with E-state index in [1.165, 1.54) is 25.9 Å². The fraction of sp³-hybridized carbons (Fsp3) is 0.875. The van der Waals surface area contributed by atoms with E-state index in [1.807, 2.05) is 0 Å². The normalized spacial score (nSPS) is 20.8. The van der Waals surface area contributed by atoms with Gasteiger partial charge >= 0.3 is 0 Å². The van der Waals surface area contributed by atoms with Crippen molar-refractivity contribution in [1.82, 2.24) is 10.2 Å². The predicted octanol–water partition coefficient (Wildman–Crippen LogP) is 1.47. The Bertz CT molecular complexity index is 155. The van der Waals surface area contributed by atoms with Crippen molar-refractivity contribution in [3.63, 3.8) is 0 Å². The summed E-state index contributed by atoms with van der Waals surface area (Å²) in [6, 6.07) is 0. The number of rotatable bonds is 2. The molecule has 0 aliphatic carbocycles. The lowest BCUT2D eigenvalue weighted by atomic mass is 9.97. The van der Waals surface area contributed by atoms with Gasteiger partial charge in [0.15, 0.2) is 0 Å². The third-order valence-electron chi connectivity index (χ3n) is 2.37. The Morgan fingerprint density at radius 3 is 2.67 bits per heavy atom. The number of nitrogens with zero attached hydrogens (tertiary/aromatic N) is 1. The Morgan fingerprint density at radius 1 is 1.58 bits per heavy atom. The molecule has 0 aromatic heterocycles. The van der Waals surface area contributed by atoms with E-state index in [2.05, 4.69) is 17.3 Å². The van der Waals surface area contributed by atoms with Crippen LogP contribution in [0.2, 0.25) is 0 Å². The second-order valence-electron chi connectivity index (χ2n) is 3.40. The quantitative estimate of drug-likeness (QED) is 0.472. The Kier molecular flexibility index (Phi) is 4.28. The lowest BCUT2D eigenvalue weighted by molar-refractivity contribution is 0.215. The summed E-state index contributed by atoms with van der Waals surface area (Å²) in [6.07, 6.45) is 2.43. The second-order valence-corrected chi connectivity index (χ2v) is 4.38. The van der Waals surface area contributed by atoms with Crippen LogP contribution < -0.4 is 5.32 Å². The molecule has 0 aromatic carbocycles. The van der Waals surface area contributed by atoms with Crippen LogP contribution in [0, 0.1) is 5.92 Å². The molecule has 1 heterocycles. The molecule has 0 aromatic rings. The van der Waals surface area contributed by atoms with Gasteiger partial charge in [0, 0.05) is 29.1 Å². The SMILES string of the molecule is CN1CCC(CNC(=O)I)CC1. The van der Waals surface area contributed by atoms with Crippen LogP contribution in [0.3, 0.4) is 0 Å². The summed E-state index contributed by atoms with van der Waals surface area (Å²) < 4.78 is 0.0616. The number of amides is 1. The highest BCUT2D eigenvalue weighted by Gasteiger charge is 2.16. The van der Waals surface area contributed by atoms with E-state index in [0.29, 0.717) is 5.92 Å². The first kappa shape index (κ1) is 10.2. The number of carbonyl (C=O) groups is 1. The van der Waals surface area contributed by atoms with Crippen molar-refractivity contribution in [2.75, 3.05) is 26.7 Å². The van der Waals surface area contributed by atoms with Gasteiger partial charge in [-0.2, -0.15) is 0 Å². The molecule has 0 unspecified atom stereocenters. The summed E-state index contributed by atoms with van der Waals surface area (Å²) in [6.45, 7) is 3.19. The molecule has 1 amide bonds. The third kappa shape index (κ3) is 3.71. The lowest BCUT2D eigenvalue weighted by Gasteiger charge is -2.28. The maximum atomic E-state index is 10.6. The minimum Gasteiger partial charge on any atom is -0.347 e. The highest BCUT2D eigenvalue weighted by molar-refractivity contribution is 14.1. The van der Waals surface area contributed by atoms with Crippen LogP contribution in [0.1, 0.15) is 12.8 Å². The van der Waals surface area contributed by atoms with E-state index in [0.717, 1.165) is 6.54 Å². The number of carbonyl (C=O) groups excluding carboxylic acids is 1. The minimum atomic E-state index is 0.0616. The highest BCUT2D eigenvalue weighted by atomic mass is 127. The zero-order chi connectivity index (χ0) is 8.97. The summed E-state index contributed by atoms with van der Waals surface area (Å²) in [5, 5.41) is 2.86. The summed E-state index contributed by atoms with van der Waals surface area (Å²) in [5.41, 5.74) is 0. The lowest BCUT2D eigenvalue weighted by Crippen LogP contribution is -2.35. The summed E-state index contributed by atoms with van der Waals surface area (Å²) >= 11 is 1.78. The molecule has 0 bridgehead atoms. The average molecular weight is 282 g/mol. The Balaban J connectivity index is 2.13. The molecule has 1 aliphatic rings. The molecule has 0 atom stereocenters. The molecule has 4 heteroatoms. The fourth-order valence-corrected chi connectivity index (χ4v) is 1.71. The molecule has 70 valence electrons. The van der Waals surface area contributed by atoms with Crippen LogP contribution in [0.5, 0.6) is 0 Å². The van der Waals surface area contributed by atoms with Crippen molar-refractivity contribution in [1.29, 1.82) is 0 Å². The van der Waals surface area contributed by atoms with E-state index >= 15 is 0 Å². The van der Waals surface area contributed by atoms with Crippen molar-refractivity contribution in [3.05, 3.63) is 0 Å². The molecule has 1 aliphatic heterocycles. The van der Waals surface area contributed by atoms with Crippen LogP contribution >= 0.6 is 22.6 Å². The topological polar surface area (TPSA) is 32.3 Å². The van der Waals surface area contributed by atoms with Crippen LogP contribution in [0.25, 0.3) is 0 Å². The largest absolute Gasteiger partial charge is 0.347 e. The van der Waals surface area contributed by atoms with Gasteiger partial charge in [0.1, 0.15) is 0 Å². The molecule has 1 saturated heterocycles. The van der Waals surface area contributed by atoms with Gasteiger partial charge in [0.25, 0.3) is 3.91 Å². The number of likely N-dealkylation sites (tertiary alicyclic amines) is 1. The fourth-order valence-electron chi connectivity index (χ4n) is 1.49. The monoisotopic (exact) mass is 282 g/mol. The van der Waals surface area contributed by atoms with Gasteiger partial charge in [-0.3, -0.25) is 4.79 Å². The zero-order valence-corrected chi connectivity index (χ0v) is 9.50. The van der Waals surface area contributed by atoms with Crippen molar-refractivity contribution in [2.24, 2.45) is 5.92 Å². The molecule has 0 radical (unpaired) electrons. The van der Waals surface area contributed by atoms with Crippen LogP contribution in [-0.4, -0.2) is 35.5 Å². The van der Waals surface area contributed by atoms with Gasteiger partial charge in [-0.15, -0.1) is 0 Å². The third-order valence-corrected chi connectivity index (χ3v) is 2.75. The van der Waals surface area contributed by atoms with Gasteiger partial charge in [-0.1, -0.05) is 0 Å². The van der Waals surface area contributed by atoms with Gasteiger partial charge < -0.3 is 10.2 Å². The van der Waals surface area contributed by atoms with E-state index in [9.17, 15) is 4.79 Å². The van der Waals surface area contributed by atoms with Crippen molar-refractivity contribution < 1.29 is 4.79 Å². The minimum absolute atomic E-state index is 0.0616. The number of hydrogen-bond donors (Lipinski definition) is 1. The smallest absolute Gasteiger partial charge is 0.280 e. The van der Waals surface area contributed by atoms with Crippen LogP contribution in [-0.2, 0) is 0 Å². The number of hydrogen-bond acceptors (Lipinski definition) is 2. The van der Waals surface area contributed by atoms with Crippen LogP contribution in [0.15, 0.2) is 0 Å². The van der Waals surface area contributed by atoms with Crippen molar-refractivity contribution in [2.45, 2.75) is 12.8 Å². The zero-order valence-electron chi connectivity index (χ0n) is 7.35. The van der Waals surface area contributed by atoms with Crippen molar-refractivity contribution in [3.8, 4) is 0 Å². The molecular weight excluding hydrogens is 267 g/mol. The Hall–Kier alpha value is 0.160. The Labute approximate surface area is 87.0 Å². The van der Waals surface area contributed by atoms with Gasteiger partial charge in [0.05, 0.1) is 0 Å².